The molecule has 3 nitrogen and oxygen atoms in total. The molecule has 3 rings (SSSR count). The van der Waals surface area contributed by atoms with E-state index in [-0.39, 0.29) is 22.4 Å². The lowest BCUT2D eigenvalue weighted by atomic mass is 9.49. The number of benzene rings is 1. The average Bonchev–Trinajstić information content (AvgIpc) is 2.58. The molecule has 156 valence electrons. The first kappa shape index (κ1) is 21.2. The van der Waals surface area contributed by atoms with Gasteiger partial charge in [0.25, 0.3) is 0 Å². The molecule has 0 radical (unpaired) electrons. The number of carbonyl (C=O) groups excluding carboxylic acids is 1. The first-order valence-corrected chi connectivity index (χ1v) is 11.1. The summed E-state index contributed by atoms with van der Waals surface area (Å²) in [4.78, 5) is 12.4. The molecule has 2 aliphatic carbocycles. The Morgan fingerprint density at radius 1 is 1.21 bits per heavy atom. The quantitative estimate of drug-likeness (QED) is 0.667. The van der Waals surface area contributed by atoms with Crippen LogP contribution in [0.4, 0.5) is 4.79 Å². The normalized spacial score (nSPS) is 29.8. The molecule has 2 aliphatic rings. The molecule has 1 aromatic rings. The van der Waals surface area contributed by atoms with Crippen LogP contribution in [-0.2, 0) is 11.8 Å². The van der Waals surface area contributed by atoms with Crippen molar-refractivity contribution in [1.29, 1.82) is 0 Å². The Morgan fingerprint density at radius 2 is 1.93 bits per heavy atom. The maximum Gasteiger partial charge on any atom is 0.315 e. The second-order valence-corrected chi connectivity index (χ2v) is 11.1. The summed E-state index contributed by atoms with van der Waals surface area (Å²) in [5, 5.41) is 6.24. The topological polar surface area (TPSA) is 41.1 Å². The van der Waals surface area contributed by atoms with Gasteiger partial charge in [-0.25, -0.2) is 4.79 Å². The maximum absolute atomic E-state index is 12.4. The monoisotopic (exact) mass is 384 g/mol. The largest absolute Gasteiger partial charge is 0.338 e. The number of aryl methyl sites for hydroxylation is 1. The fourth-order valence-electron chi connectivity index (χ4n) is 5.88. The van der Waals surface area contributed by atoms with Crippen molar-refractivity contribution in [3.05, 3.63) is 34.9 Å². The lowest BCUT2D eigenvalue weighted by molar-refractivity contribution is 0.0277. The van der Waals surface area contributed by atoms with Gasteiger partial charge in [0.2, 0.25) is 0 Å². The number of amides is 2. The van der Waals surface area contributed by atoms with Crippen LogP contribution in [0.5, 0.6) is 0 Å². The lowest BCUT2D eigenvalue weighted by Crippen LogP contribution is -2.55. The summed E-state index contributed by atoms with van der Waals surface area (Å²) in [7, 11) is 0. The van der Waals surface area contributed by atoms with Crippen molar-refractivity contribution < 1.29 is 4.79 Å². The Morgan fingerprint density at radius 3 is 2.57 bits per heavy atom. The van der Waals surface area contributed by atoms with Gasteiger partial charge in [-0.05, 0) is 85.8 Å². The van der Waals surface area contributed by atoms with Crippen molar-refractivity contribution in [2.45, 2.75) is 97.4 Å². The molecule has 1 fully saturated rings. The van der Waals surface area contributed by atoms with Crippen LogP contribution >= 0.6 is 0 Å². The lowest BCUT2D eigenvalue weighted by Gasteiger charge is -2.55. The van der Waals surface area contributed by atoms with Gasteiger partial charge in [0.05, 0.1) is 0 Å². The number of rotatable bonds is 3. The van der Waals surface area contributed by atoms with Crippen molar-refractivity contribution in [3.8, 4) is 0 Å². The SMILES string of the molecule is CC(C)c1ccc2c(c1)CC[C@@H]1[C@](C)(CNC(=O)NC(C)(C)C)CCC[C@]21C. The highest BCUT2D eigenvalue weighted by molar-refractivity contribution is 5.74. The molecular formula is C25H40N2O. The van der Waals surface area contributed by atoms with Crippen LogP contribution in [0.25, 0.3) is 0 Å². The van der Waals surface area contributed by atoms with Crippen molar-refractivity contribution in [2.24, 2.45) is 11.3 Å². The Hall–Kier alpha value is -1.51. The van der Waals surface area contributed by atoms with Gasteiger partial charge in [0.1, 0.15) is 0 Å². The molecule has 0 unspecified atom stereocenters. The minimum absolute atomic E-state index is 0.0428. The number of urea groups is 1. The molecular weight excluding hydrogens is 344 g/mol. The second kappa shape index (κ2) is 7.39. The Bertz CT molecular complexity index is 733. The fraction of sp³-hybridized carbons (Fsp3) is 0.720. The van der Waals surface area contributed by atoms with Gasteiger partial charge in [-0.15, -0.1) is 0 Å². The molecule has 1 saturated carbocycles. The van der Waals surface area contributed by atoms with E-state index in [2.05, 4.69) is 56.5 Å². The number of nitrogens with one attached hydrogen (secondary N) is 2. The molecule has 1 aromatic carbocycles. The molecule has 3 heteroatoms. The zero-order chi connectivity index (χ0) is 20.7. The fourth-order valence-corrected chi connectivity index (χ4v) is 5.88. The van der Waals surface area contributed by atoms with Gasteiger partial charge in [-0.1, -0.05) is 52.3 Å². The van der Waals surface area contributed by atoms with E-state index in [1.165, 1.54) is 37.7 Å². The molecule has 2 N–H and O–H groups in total. The number of hydrogen-bond donors (Lipinski definition) is 2. The van der Waals surface area contributed by atoms with Gasteiger partial charge in [0, 0.05) is 12.1 Å². The molecule has 0 spiro atoms. The Kier molecular flexibility index (Phi) is 5.59. The first-order chi connectivity index (χ1) is 12.9. The predicted molar refractivity (Wildman–Crippen MR) is 118 cm³/mol. The van der Waals surface area contributed by atoms with Crippen LogP contribution in [0.3, 0.4) is 0 Å². The molecule has 0 aromatic heterocycles. The van der Waals surface area contributed by atoms with Crippen LogP contribution in [0.2, 0.25) is 0 Å². The minimum Gasteiger partial charge on any atom is -0.338 e. The highest BCUT2D eigenvalue weighted by Gasteiger charge is 2.51. The van der Waals surface area contributed by atoms with E-state index in [1.807, 2.05) is 20.8 Å². The molecule has 0 bridgehead atoms. The van der Waals surface area contributed by atoms with E-state index in [0.717, 1.165) is 6.54 Å². The molecule has 0 saturated heterocycles. The van der Waals surface area contributed by atoms with Gasteiger partial charge in [-0.3, -0.25) is 0 Å². The van der Waals surface area contributed by atoms with Crippen LogP contribution in [0.15, 0.2) is 18.2 Å². The summed E-state index contributed by atoms with van der Waals surface area (Å²) >= 11 is 0. The number of carbonyl (C=O) groups is 1. The molecule has 0 heterocycles. The summed E-state index contributed by atoms with van der Waals surface area (Å²) in [5.74, 6) is 1.19. The van der Waals surface area contributed by atoms with Crippen LogP contribution in [0.1, 0.15) is 96.8 Å². The van der Waals surface area contributed by atoms with E-state index in [4.69, 9.17) is 0 Å². The van der Waals surface area contributed by atoms with Crippen molar-refractivity contribution in [3.63, 3.8) is 0 Å². The highest BCUT2D eigenvalue weighted by atomic mass is 16.2. The third kappa shape index (κ3) is 4.09. The average molecular weight is 385 g/mol. The third-order valence-corrected chi connectivity index (χ3v) is 7.31. The van der Waals surface area contributed by atoms with Crippen LogP contribution in [-0.4, -0.2) is 18.1 Å². The Balaban J connectivity index is 1.82. The molecule has 2 amide bonds. The second-order valence-electron chi connectivity index (χ2n) is 11.1. The van der Waals surface area contributed by atoms with E-state index in [1.54, 1.807) is 11.1 Å². The maximum atomic E-state index is 12.4. The van der Waals surface area contributed by atoms with E-state index >= 15 is 0 Å². The van der Waals surface area contributed by atoms with Crippen LogP contribution < -0.4 is 10.6 Å². The van der Waals surface area contributed by atoms with Gasteiger partial charge in [-0.2, -0.15) is 0 Å². The first-order valence-electron chi connectivity index (χ1n) is 11.1. The summed E-state index contributed by atoms with van der Waals surface area (Å²) < 4.78 is 0. The Labute approximate surface area is 172 Å². The highest BCUT2D eigenvalue weighted by Crippen LogP contribution is 2.57. The minimum atomic E-state index is -0.204. The standard InChI is InChI=1S/C25H40N2O/c1-17(2)18-9-11-20-19(15-18)10-12-21-24(6,13-8-14-25(20,21)7)16-26-22(28)27-23(3,4)5/h9,11,15,17,21H,8,10,12-14,16H2,1-7H3,(H2,26,27,28)/t21-,24+,25-/m1/s1. The number of fused-ring (bicyclic) bond motifs is 3. The predicted octanol–water partition coefficient (Wildman–Crippen LogP) is 5.92. The van der Waals surface area contributed by atoms with E-state index in [9.17, 15) is 4.79 Å². The van der Waals surface area contributed by atoms with Crippen molar-refractivity contribution >= 4 is 6.03 Å². The summed E-state index contributed by atoms with van der Waals surface area (Å²) in [6.45, 7) is 16.3. The van der Waals surface area contributed by atoms with Gasteiger partial charge >= 0.3 is 6.03 Å². The molecule has 3 atom stereocenters. The smallest absolute Gasteiger partial charge is 0.315 e. The van der Waals surface area contributed by atoms with Crippen LogP contribution in [0, 0.1) is 11.3 Å². The third-order valence-electron chi connectivity index (χ3n) is 7.31. The van der Waals surface area contributed by atoms with Crippen molar-refractivity contribution in [1.82, 2.24) is 10.6 Å². The zero-order valence-corrected chi connectivity index (χ0v) is 19.0. The van der Waals surface area contributed by atoms with E-state index < -0.39 is 0 Å². The zero-order valence-electron chi connectivity index (χ0n) is 19.0. The van der Waals surface area contributed by atoms with E-state index in [0.29, 0.717) is 11.8 Å². The summed E-state index contributed by atoms with van der Waals surface area (Å²) in [5.41, 5.74) is 4.75. The number of hydrogen-bond acceptors (Lipinski definition) is 1. The summed E-state index contributed by atoms with van der Waals surface area (Å²) in [6, 6.07) is 7.18. The van der Waals surface area contributed by atoms with Gasteiger partial charge < -0.3 is 10.6 Å². The van der Waals surface area contributed by atoms with Crippen molar-refractivity contribution in [2.75, 3.05) is 6.54 Å². The molecule has 0 aliphatic heterocycles. The van der Waals surface area contributed by atoms with Gasteiger partial charge in [0.15, 0.2) is 0 Å². The summed E-state index contributed by atoms with van der Waals surface area (Å²) in [6.07, 6.45) is 6.08. The molecule has 28 heavy (non-hydrogen) atoms.